The van der Waals surface area contributed by atoms with E-state index in [1.807, 2.05) is 34.9 Å². The number of aromatic amines is 1. The monoisotopic (exact) mass is 488 g/mol. The fourth-order valence-electron chi connectivity index (χ4n) is 4.90. The van der Waals surface area contributed by atoms with Gasteiger partial charge in [-0.25, -0.2) is 10.0 Å². The first-order valence-corrected chi connectivity index (χ1v) is 12.5. The van der Waals surface area contributed by atoms with E-state index < -0.39 is 4.65 Å². The number of piperazine rings is 1. The van der Waals surface area contributed by atoms with Crippen LogP contribution in [0.2, 0.25) is 0 Å². The average Bonchev–Trinajstić information content (AvgIpc) is 3.56. The second-order valence-electron chi connectivity index (χ2n) is 9.81. The second-order valence-corrected chi connectivity index (χ2v) is 9.81. The van der Waals surface area contributed by atoms with Gasteiger partial charge in [0.15, 0.2) is 0 Å². The summed E-state index contributed by atoms with van der Waals surface area (Å²) in [6.07, 6.45) is 7.62. The Bertz CT molecular complexity index is 1280. The molecule has 0 radical (unpaired) electrons. The van der Waals surface area contributed by atoms with Crippen LogP contribution in [-0.2, 0) is 17.8 Å². The molecule has 3 heterocycles. The lowest BCUT2D eigenvalue weighted by molar-refractivity contribution is -1.03. The molecule has 1 amide bonds. The van der Waals surface area contributed by atoms with Crippen molar-refractivity contribution in [2.75, 3.05) is 46.3 Å². The first kappa shape index (κ1) is 24.3. The molecule has 1 saturated heterocycles. The van der Waals surface area contributed by atoms with Gasteiger partial charge in [-0.3, -0.25) is 9.47 Å². The van der Waals surface area contributed by atoms with Crippen LogP contribution in [0.1, 0.15) is 17.5 Å². The molecule has 2 aromatic heterocycles. The van der Waals surface area contributed by atoms with Crippen molar-refractivity contribution < 1.29 is 14.6 Å². The molecule has 1 unspecified atom stereocenters. The molecule has 36 heavy (non-hydrogen) atoms. The SMILES string of the molecule is C[N+](O)(Cc1ccccc1)C(=O)CN1CCN(CCCc2c[nH]c3ccc(-n4cnnc4)cc23)CC1. The van der Waals surface area contributed by atoms with Crippen LogP contribution >= 0.6 is 0 Å². The minimum atomic E-state index is -0.617. The maximum Gasteiger partial charge on any atom is 0.359 e. The van der Waals surface area contributed by atoms with E-state index in [0.717, 1.165) is 62.3 Å². The molecule has 0 spiro atoms. The van der Waals surface area contributed by atoms with Crippen LogP contribution in [0.5, 0.6) is 0 Å². The van der Waals surface area contributed by atoms with Crippen molar-refractivity contribution in [3.8, 4) is 5.69 Å². The highest BCUT2D eigenvalue weighted by atomic mass is 16.6. The normalized spacial score (nSPS) is 16.8. The van der Waals surface area contributed by atoms with Gasteiger partial charge in [0.2, 0.25) is 0 Å². The summed E-state index contributed by atoms with van der Waals surface area (Å²) >= 11 is 0. The number of H-pyrrole nitrogens is 1. The van der Waals surface area contributed by atoms with Gasteiger partial charge < -0.3 is 9.88 Å². The Morgan fingerprint density at radius 3 is 2.50 bits per heavy atom. The Hall–Kier alpha value is -3.37. The second kappa shape index (κ2) is 10.7. The number of quaternary nitrogens is 1. The van der Waals surface area contributed by atoms with Gasteiger partial charge in [0, 0.05) is 54.5 Å². The van der Waals surface area contributed by atoms with Crippen molar-refractivity contribution >= 4 is 16.8 Å². The third-order valence-electron chi connectivity index (χ3n) is 7.08. The number of likely N-dealkylation sites (N-methyl/N-ethyl adjacent to an activating group) is 1. The van der Waals surface area contributed by atoms with Gasteiger partial charge in [-0.2, -0.15) is 0 Å². The smallest absolute Gasteiger partial charge is 0.359 e. The van der Waals surface area contributed by atoms with Crippen LogP contribution in [0, 0.1) is 0 Å². The summed E-state index contributed by atoms with van der Waals surface area (Å²) in [5, 5.41) is 19.8. The quantitative estimate of drug-likeness (QED) is 0.214. The fourth-order valence-corrected chi connectivity index (χ4v) is 4.90. The summed E-state index contributed by atoms with van der Waals surface area (Å²) in [4.78, 5) is 20.8. The Labute approximate surface area is 211 Å². The molecule has 188 valence electrons. The lowest BCUT2D eigenvalue weighted by Gasteiger charge is -2.35. The molecule has 1 atom stereocenters. The van der Waals surface area contributed by atoms with Crippen molar-refractivity contribution in [1.82, 2.24) is 29.5 Å². The van der Waals surface area contributed by atoms with Crippen LogP contribution in [-0.4, -0.2) is 91.6 Å². The van der Waals surface area contributed by atoms with E-state index in [4.69, 9.17) is 0 Å². The molecule has 4 aromatic rings. The lowest BCUT2D eigenvalue weighted by Crippen LogP contribution is -2.54. The highest BCUT2D eigenvalue weighted by molar-refractivity contribution is 5.85. The number of nitrogens with one attached hydrogen (secondary N) is 1. The minimum absolute atomic E-state index is 0.169. The van der Waals surface area contributed by atoms with Gasteiger partial charge in [0.1, 0.15) is 32.8 Å². The lowest BCUT2D eigenvalue weighted by atomic mass is 10.1. The summed E-state index contributed by atoms with van der Waals surface area (Å²) in [5.41, 5.74) is 4.47. The van der Waals surface area contributed by atoms with Crippen molar-refractivity contribution in [3.63, 3.8) is 0 Å². The van der Waals surface area contributed by atoms with Crippen molar-refractivity contribution in [1.29, 1.82) is 0 Å². The largest absolute Gasteiger partial charge is 0.361 e. The first-order chi connectivity index (χ1) is 17.5. The third kappa shape index (κ3) is 5.71. The zero-order valence-electron chi connectivity index (χ0n) is 20.8. The molecule has 9 heteroatoms. The molecule has 9 nitrogen and oxygen atoms in total. The number of hydrogen-bond acceptors (Lipinski definition) is 6. The fraction of sp³-hybridized carbons (Fsp3) is 0.370. The number of fused-ring (bicyclic) bond motifs is 1. The predicted molar refractivity (Wildman–Crippen MR) is 138 cm³/mol. The molecule has 1 aliphatic rings. The Morgan fingerprint density at radius 2 is 1.75 bits per heavy atom. The number of aromatic nitrogens is 4. The maximum atomic E-state index is 12.8. The van der Waals surface area contributed by atoms with E-state index in [0.29, 0.717) is 0 Å². The summed E-state index contributed by atoms with van der Waals surface area (Å²) in [6, 6.07) is 16.0. The zero-order chi connectivity index (χ0) is 25.0. The van der Waals surface area contributed by atoms with E-state index in [9.17, 15) is 10.0 Å². The van der Waals surface area contributed by atoms with Gasteiger partial charge in [0.25, 0.3) is 0 Å². The van der Waals surface area contributed by atoms with Gasteiger partial charge in [-0.05, 0) is 43.1 Å². The van der Waals surface area contributed by atoms with Crippen LogP contribution < -0.4 is 0 Å². The third-order valence-corrected chi connectivity index (χ3v) is 7.08. The summed E-state index contributed by atoms with van der Waals surface area (Å²) in [6.45, 7) is 5.14. The van der Waals surface area contributed by atoms with Gasteiger partial charge >= 0.3 is 5.91 Å². The van der Waals surface area contributed by atoms with E-state index in [2.05, 4.69) is 49.4 Å². The number of aryl methyl sites for hydroxylation is 1. The summed E-state index contributed by atoms with van der Waals surface area (Å²) < 4.78 is 1.30. The number of hydrogen-bond donors (Lipinski definition) is 2. The van der Waals surface area contributed by atoms with Crippen LogP contribution in [0.4, 0.5) is 0 Å². The molecule has 0 aliphatic carbocycles. The number of rotatable bonds is 9. The van der Waals surface area contributed by atoms with Gasteiger partial charge in [0.05, 0.1) is 0 Å². The molecular formula is C27H34N7O2+. The van der Waals surface area contributed by atoms with Crippen LogP contribution in [0.15, 0.2) is 67.4 Å². The number of amides is 1. The average molecular weight is 489 g/mol. The molecule has 0 saturated carbocycles. The molecule has 5 rings (SSSR count). The predicted octanol–water partition coefficient (Wildman–Crippen LogP) is 2.86. The van der Waals surface area contributed by atoms with Crippen LogP contribution in [0.3, 0.4) is 0 Å². The Kier molecular flexibility index (Phi) is 7.24. The molecule has 1 aliphatic heterocycles. The number of nitrogens with zero attached hydrogens (tertiary/aromatic N) is 6. The molecule has 1 fully saturated rings. The standard InChI is InChI=1S/C27H34N7O2/c1-34(36,19-22-6-3-2-4-7-22)27(35)18-32-14-12-31(13-15-32)11-5-8-23-17-28-26-10-9-24(16-25(23)26)33-20-29-30-21-33/h2-4,6-7,9-10,16-17,20-21,28,36H,5,8,11-15,18-19H2,1H3/q+1. The number of benzene rings is 2. The molecule has 2 N–H and O–H groups in total. The Morgan fingerprint density at radius 1 is 1.03 bits per heavy atom. The molecular weight excluding hydrogens is 454 g/mol. The summed E-state index contributed by atoms with van der Waals surface area (Å²) in [5.74, 6) is -0.169. The molecule has 0 bridgehead atoms. The van der Waals surface area contributed by atoms with E-state index in [-0.39, 0.29) is 19.0 Å². The minimum Gasteiger partial charge on any atom is -0.361 e. The highest BCUT2D eigenvalue weighted by Crippen LogP contribution is 2.23. The first-order valence-electron chi connectivity index (χ1n) is 12.5. The van der Waals surface area contributed by atoms with Crippen molar-refractivity contribution in [3.05, 3.63) is 78.5 Å². The van der Waals surface area contributed by atoms with Gasteiger partial charge in [-0.15, -0.1) is 14.8 Å². The maximum absolute atomic E-state index is 12.8. The Balaban J connectivity index is 1.08. The molecule has 2 aromatic carbocycles. The number of carbonyl (C=O) groups is 1. The van der Waals surface area contributed by atoms with E-state index in [1.54, 1.807) is 19.7 Å². The summed E-state index contributed by atoms with van der Waals surface area (Å²) in [7, 11) is 1.57. The zero-order valence-corrected chi connectivity index (χ0v) is 20.8. The van der Waals surface area contributed by atoms with E-state index >= 15 is 0 Å². The topological polar surface area (TPSA) is 90.3 Å². The van der Waals surface area contributed by atoms with Gasteiger partial charge in [-0.1, -0.05) is 30.3 Å². The van der Waals surface area contributed by atoms with E-state index in [1.165, 1.54) is 10.9 Å². The van der Waals surface area contributed by atoms with Crippen molar-refractivity contribution in [2.24, 2.45) is 0 Å². The van der Waals surface area contributed by atoms with Crippen molar-refractivity contribution in [2.45, 2.75) is 19.4 Å². The number of carbonyl (C=O) groups excluding carboxylic acids is 1. The number of hydroxylamine groups is 3. The highest BCUT2D eigenvalue weighted by Gasteiger charge is 2.33. The van der Waals surface area contributed by atoms with Crippen LogP contribution in [0.25, 0.3) is 16.6 Å².